The summed E-state index contributed by atoms with van der Waals surface area (Å²) in [5.74, 6) is 1.04. The zero-order chi connectivity index (χ0) is 9.26. The van der Waals surface area contributed by atoms with E-state index in [2.05, 4.69) is 20.9 Å². The van der Waals surface area contributed by atoms with Crippen LogP contribution >= 0.6 is 27.3 Å². The van der Waals surface area contributed by atoms with Gasteiger partial charge in [0.1, 0.15) is 12.4 Å². The minimum absolute atomic E-state index is 0.112. The smallest absolute Gasteiger partial charge is 0.236 e. The van der Waals surface area contributed by atoms with Gasteiger partial charge in [-0.2, -0.15) is 0 Å². The standard InChI is InChI=1S/C8H6BrNO2S/c9-7-2-1-6(13-7)8-10-3-5(4-11)12-8/h1-3,11H,4H2. The summed E-state index contributed by atoms with van der Waals surface area (Å²) >= 11 is 4.90. The third kappa shape index (κ3) is 1.82. The zero-order valence-corrected chi connectivity index (χ0v) is 8.93. The van der Waals surface area contributed by atoms with Gasteiger partial charge in [-0.1, -0.05) is 0 Å². The molecule has 0 fully saturated rings. The lowest BCUT2D eigenvalue weighted by Gasteiger charge is -1.87. The van der Waals surface area contributed by atoms with Crippen LogP contribution in [0.3, 0.4) is 0 Å². The van der Waals surface area contributed by atoms with E-state index in [-0.39, 0.29) is 6.61 Å². The number of halogens is 1. The Kier molecular flexibility index (Phi) is 2.48. The van der Waals surface area contributed by atoms with Crippen LogP contribution in [0.4, 0.5) is 0 Å². The van der Waals surface area contributed by atoms with Crippen molar-refractivity contribution >= 4 is 27.3 Å². The normalized spacial score (nSPS) is 10.6. The van der Waals surface area contributed by atoms with Gasteiger partial charge in [-0.15, -0.1) is 11.3 Å². The average molecular weight is 260 g/mol. The first-order valence-electron chi connectivity index (χ1n) is 3.61. The molecule has 0 spiro atoms. The molecule has 0 saturated carbocycles. The molecule has 2 rings (SSSR count). The second-order valence-electron chi connectivity index (χ2n) is 2.39. The Balaban J connectivity index is 2.35. The highest BCUT2D eigenvalue weighted by atomic mass is 79.9. The highest BCUT2D eigenvalue weighted by Gasteiger charge is 2.07. The molecule has 2 aromatic rings. The molecule has 68 valence electrons. The van der Waals surface area contributed by atoms with Crippen LogP contribution < -0.4 is 0 Å². The number of aromatic nitrogens is 1. The molecule has 0 atom stereocenters. The topological polar surface area (TPSA) is 46.3 Å². The Hall–Kier alpha value is -0.650. The van der Waals surface area contributed by atoms with E-state index >= 15 is 0 Å². The number of hydrogen-bond donors (Lipinski definition) is 1. The van der Waals surface area contributed by atoms with Crippen LogP contribution in [0.1, 0.15) is 5.76 Å². The van der Waals surface area contributed by atoms with Gasteiger partial charge < -0.3 is 9.52 Å². The summed E-state index contributed by atoms with van der Waals surface area (Å²) < 4.78 is 6.29. The highest BCUT2D eigenvalue weighted by Crippen LogP contribution is 2.30. The fourth-order valence-corrected chi connectivity index (χ4v) is 2.24. The second kappa shape index (κ2) is 3.61. The van der Waals surface area contributed by atoms with Gasteiger partial charge in [0.15, 0.2) is 0 Å². The van der Waals surface area contributed by atoms with Crippen LogP contribution in [0.15, 0.2) is 26.5 Å². The van der Waals surface area contributed by atoms with Crippen molar-refractivity contribution in [2.45, 2.75) is 6.61 Å². The molecule has 3 nitrogen and oxygen atoms in total. The molecule has 1 N–H and O–H groups in total. The molecule has 5 heteroatoms. The molecule has 13 heavy (non-hydrogen) atoms. The molecule has 2 heterocycles. The van der Waals surface area contributed by atoms with Crippen molar-refractivity contribution < 1.29 is 9.52 Å². The molecule has 0 aliphatic heterocycles. The molecule has 0 amide bonds. The lowest BCUT2D eigenvalue weighted by atomic mass is 10.5. The second-order valence-corrected chi connectivity index (χ2v) is 4.86. The van der Waals surface area contributed by atoms with E-state index in [1.54, 1.807) is 11.3 Å². The molecule has 0 aliphatic carbocycles. The number of aliphatic hydroxyl groups is 1. The van der Waals surface area contributed by atoms with Gasteiger partial charge >= 0.3 is 0 Å². The van der Waals surface area contributed by atoms with Crippen molar-refractivity contribution in [3.8, 4) is 10.8 Å². The number of rotatable bonds is 2. The number of oxazole rings is 1. The minimum Gasteiger partial charge on any atom is -0.438 e. The van der Waals surface area contributed by atoms with Crippen molar-refractivity contribution in [3.05, 3.63) is 27.9 Å². The van der Waals surface area contributed by atoms with Crippen LogP contribution in [-0.2, 0) is 6.61 Å². The quantitative estimate of drug-likeness (QED) is 0.902. The summed E-state index contributed by atoms with van der Waals surface area (Å²) in [4.78, 5) is 4.98. The van der Waals surface area contributed by atoms with Crippen molar-refractivity contribution in [1.29, 1.82) is 0 Å². The van der Waals surface area contributed by atoms with E-state index in [4.69, 9.17) is 9.52 Å². The maximum atomic E-state index is 8.76. The van der Waals surface area contributed by atoms with Gasteiger partial charge in [-0.25, -0.2) is 4.98 Å². The van der Waals surface area contributed by atoms with Crippen LogP contribution in [0, 0.1) is 0 Å². The Morgan fingerprint density at radius 3 is 2.92 bits per heavy atom. The average Bonchev–Trinajstić information content (AvgIpc) is 2.71. The van der Waals surface area contributed by atoms with Gasteiger partial charge in [0, 0.05) is 0 Å². The van der Waals surface area contributed by atoms with E-state index in [1.807, 2.05) is 12.1 Å². The van der Waals surface area contributed by atoms with Crippen molar-refractivity contribution in [2.24, 2.45) is 0 Å². The first-order chi connectivity index (χ1) is 6.29. The first-order valence-corrected chi connectivity index (χ1v) is 5.22. The van der Waals surface area contributed by atoms with E-state index in [9.17, 15) is 0 Å². The number of thiophene rings is 1. The molecular weight excluding hydrogens is 254 g/mol. The van der Waals surface area contributed by atoms with Crippen molar-refractivity contribution in [3.63, 3.8) is 0 Å². The largest absolute Gasteiger partial charge is 0.438 e. The highest BCUT2D eigenvalue weighted by molar-refractivity contribution is 9.11. The summed E-state index contributed by atoms with van der Waals surface area (Å²) in [5.41, 5.74) is 0. The van der Waals surface area contributed by atoms with Gasteiger partial charge in [0.25, 0.3) is 0 Å². The van der Waals surface area contributed by atoms with Gasteiger partial charge in [-0.3, -0.25) is 0 Å². The molecule has 0 saturated heterocycles. The molecule has 0 aliphatic rings. The van der Waals surface area contributed by atoms with Crippen LogP contribution in [0.25, 0.3) is 10.8 Å². The predicted molar refractivity (Wildman–Crippen MR) is 53.4 cm³/mol. The van der Waals surface area contributed by atoms with Gasteiger partial charge in [0.2, 0.25) is 5.89 Å². The Labute approximate surface area is 87.2 Å². The number of nitrogens with zero attached hydrogens (tertiary/aromatic N) is 1. The lowest BCUT2D eigenvalue weighted by Crippen LogP contribution is -1.73. The third-order valence-corrected chi connectivity index (χ3v) is 3.11. The van der Waals surface area contributed by atoms with E-state index < -0.39 is 0 Å². The summed E-state index contributed by atoms with van der Waals surface area (Å²) in [6.07, 6.45) is 1.53. The monoisotopic (exact) mass is 259 g/mol. The van der Waals surface area contributed by atoms with Gasteiger partial charge in [-0.05, 0) is 28.1 Å². The molecule has 0 bridgehead atoms. The third-order valence-electron chi connectivity index (χ3n) is 1.49. The Bertz CT molecular complexity index is 410. The number of aliphatic hydroxyl groups excluding tert-OH is 1. The zero-order valence-electron chi connectivity index (χ0n) is 6.53. The lowest BCUT2D eigenvalue weighted by molar-refractivity contribution is 0.249. The van der Waals surface area contributed by atoms with Crippen molar-refractivity contribution in [2.75, 3.05) is 0 Å². The fraction of sp³-hybridized carbons (Fsp3) is 0.125. The molecule has 0 radical (unpaired) electrons. The maximum Gasteiger partial charge on any atom is 0.236 e. The fourth-order valence-electron chi connectivity index (χ4n) is 0.924. The van der Waals surface area contributed by atoms with Crippen LogP contribution in [0.5, 0.6) is 0 Å². The minimum atomic E-state index is -0.112. The number of hydrogen-bond acceptors (Lipinski definition) is 4. The van der Waals surface area contributed by atoms with Gasteiger partial charge in [0.05, 0.1) is 14.9 Å². The summed E-state index contributed by atoms with van der Waals surface area (Å²) in [6, 6.07) is 3.85. The molecular formula is C8H6BrNO2S. The van der Waals surface area contributed by atoms with E-state index in [1.165, 1.54) is 6.20 Å². The molecule has 0 aromatic carbocycles. The summed E-state index contributed by atoms with van der Waals surface area (Å²) in [7, 11) is 0. The predicted octanol–water partition coefficient (Wildman–Crippen LogP) is 2.66. The summed E-state index contributed by atoms with van der Waals surface area (Å²) in [5, 5.41) is 8.76. The van der Waals surface area contributed by atoms with Crippen LogP contribution in [0.2, 0.25) is 0 Å². The maximum absolute atomic E-state index is 8.76. The first kappa shape index (κ1) is 8.93. The Morgan fingerprint density at radius 2 is 2.38 bits per heavy atom. The summed E-state index contributed by atoms with van der Waals surface area (Å²) in [6.45, 7) is -0.112. The SMILES string of the molecule is OCc1cnc(-c2ccc(Br)s2)o1. The molecule has 2 aromatic heterocycles. The Morgan fingerprint density at radius 1 is 1.54 bits per heavy atom. The van der Waals surface area contributed by atoms with E-state index in [0.717, 1.165) is 8.66 Å². The molecule has 0 unspecified atom stereocenters. The van der Waals surface area contributed by atoms with Crippen molar-refractivity contribution in [1.82, 2.24) is 4.98 Å². The van der Waals surface area contributed by atoms with E-state index in [0.29, 0.717) is 11.7 Å². The van der Waals surface area contributed by atoms with Crippen LogP contribution in [-0.4, -0.2) is 10.1 Å².